The van der Waals surface area contributed by atoms with Gasteiger partial charge in [-0.2, -0.15) is 0 Å². The molecule has 4 heteroatoms. The number of nitrogens with zero attached hydrogens (tertiary/aromatic N) is 1. The van der Waals surface area contributed by atoms with E-state index < -0.39 is 0 Å². The van der Waals surface area contributed by atoms with E-state index >= 15 is 0 Å². The molecule has 3 nitrogen and oxygen atoms in total. The summed E-state index contributed by atoms with van der Waals surface area (Å²) in [6, 6.07) is 6.09. The Balaban J connectivity index is 1.66. The number of methoxy groups -OCH3 is 1. The molecule has 0 aromatic heterocycles. The van der Waals surface area contributed by atoms with Crippen LogP contribution in [0.1, 0.15) is 24.8 Å². The van der Waals surface area contributed by atoms with Crippen LogP contribution in [-0.4, -0.2) is 44.4 Å². The van der Waals surface area contributed by atoms with Gasteiger partial charge >= 0.3 is 0 Å². The van der Waals surface area contributed by atoms with Gasteiger partial charge in [-0.05, 0) is 38.3 Å². The zero-order valence-electron chi connectivity index (χ0n) is 12.4. The quantitative estimate of drug-likeness (QED) is 0.737. The van der Waals surface area contributed by atoms with Gasteiger partial charge in [0, 0.05) is 36.8 Å². The average molecular weight is 342 g/mol. The van der Waals surface area contributed by atoms with Crippen molar-refractivity contribution in [1.82, 2.24) is 4.90 Å². The van der Waals surface area contributed by atoms with E-state index in [2.05, 4.69) is 27.8 Å². The van der Waals surface area contributed by atoms with Crippen LogP contribution in [0.3, 0.4) is 0 Å². The van der Waals surface area contributed by atoms with Crippen LogP contribution in [-0.2, 0) is 4.74 Å². The van der Waals surface area contributed by atoms with Crippen molar-refractivity contribution in [3.63, 3.8) is 0 Å². The predicted octanol–water partition coefficient (Wildman–Crippen LogP) is 3.64. The Bertz CT molecular complexity index is 417. The molecule has 0 amide bonds. The molecular formula is C16H24BrNO2. The van der Waals surface area contributed by atoms with Gasteiger partial charge in [-0.1, -0.05) is 22.0 Å². The van der Waals surface area contributed by atoms with Crippen molar-refractivity contribution >= 4 is 15.9 Å². The maximum absolute atomic E-state index is 5.87. The first-order valence-corrected chi connectivity index (χ1v) is 8.13. The summed E-state index contributed by atoms with van der Waals surface area (Å²) < 4.78 is 12.4. The van der Waals surface area contributed by atoms with Crippen LogP contribution >= 0.6 is 15.9 Å². The largest absolute Gasteiger partial charge is 0.493 e. The van der Waals surface area contributed by atoms with E-state index in [0.717, 1.165) is 55.7 Å². The van der Waals surface area contributed by atoms with E-state index in [0.29, 0.717) is 6.10 Å². The third-order valence-electron chi connectivity index (χ3n) is 3.96. The lowest BCUT2D eigenvalue weighted by atomic mass is 10.1. The number of halogens is 1. The van der Waals surface area contributed by atoms with E-state index in [-0.39, 0.29) is 0 Å². The molecule has 1 aromatic carbocycles. The highest BCUT2D eigenvalue weighted by Gasteiger charge is 2.17. The molecule has 0 atom stereocenters. The first-order valence-electron chi connectivity index (χ1n) is 7.33. The first kappa shape index (κ1) is 15.8. The van der Waals surface area contributed by atoms with Crippen LogP contribution in [0.2, 0.25) is 0 Å². The van der Waals surface area contributed by atoms with E-state index in [1.54, 1.807) is 0 Å². The molecule has 1 aliphatic heterocycles. The molecule has 0 spiro atoms. The van der Waals surface area contributed by atoms with Gasteiger partial charge in [0.15, 0.2) is 0 Å². The maximum atomic E-state index is 5.87. The molecule has 0 unspecified atom stereocenters. The standard InChI is InChI=1S/C16H24BrNO2/c1-13-15(17)5-3-6-16(13)20-12-4-9-18-10-7-14(19-2)8-11-18/h3,5-6,14H,4,7-12H2,1-2H3. The summed E-state index contributed by atoms with van der Waals surface area (Å²) in [7, 11) is 1.81. The van der Waals surface area contributed by atoms with Crippen molar-refractivity contribution in [2.45, 2.75) is 32.3 Å². The summed E-state index contributed by atoms with van der Waals surface area (Å²) in [6.07, 6.45) is 3.85. The molecule has 1 aromatic rings. The molecule has 1 fully saturated rings. The zero-order chi connectivity index (χ0) is 14.4. The van der Waals surface area contributed by atoms with Gasteiger partial charge < -0.3 is 14.4 Å². The van der Waals surface area contributed by atoms with Crippen LogP contribution in [0.4, 0.5) is 0 Å². The van der Waals surface area contributed by atoms with Crippen molar-refractivity contribution in [2.75, 3.05) is 33.4 Å². The van der Waals surface area contributed by atoms with Crippen molar-refractivity contribution in [1.29, 1.82) is 0 Å². The van der Waals surface area contributed by atoms with Crippen molar-refractivity contribution in [3.8, 4) is 5.75 Å². The fraction of sp³-hybridized carbons (Fsp3) is 0.625. The summed E-state index contributed by atoms with van der Waals surface area (Å²) in [5, 5.41) is 0. The highest BCUT2D eigenvalue weighted by Crippen LogP contribution is 2.25. The molecule has 0 aliphatic carbocycles. The Morgan fingerprint density at radius 3 is 2.75 bits per heavy atom. The second-order valence-electron chi connectivity index (χ2n) is 5.34. The molecule has 112 valence electrons. The van der Waals surface area contributed by atoms with Crippen molar-refractivity contribution in [3.05, 3.63) is 28.2 Å². The minimum atomic E-state index is 0.465. The number of piperidine rings is 1. The first-order chi connectivity index (χ1) is 9.70. The molecule has 2 rings (SSSR count). The number of hydrogen-bond donors (Lipinski definition) is 0. The number of ether oxygens (including phenoxy) is 2. The lowest BCUT2D eigenvalue weighted by Crippen LogP contribution is -2.37. The molecule has 1 saturated heterocycles. The van der Waals surface area contributed by atoms with Crippen molar-refractivity contribution < 1.29 is 9.47 Å². The van der Waals surface area contributed by atoms with Gasteiger partial charge in [0.25, 0.3) is 0 Å². The monoisotopic (exact) mass is 341 g/mol. The van der Waals surface area contributed by atoms with E-state index in [4.69, 9.17) is 9.47 Å². The van der Waals surface area contributed by atoms with Crippen LogP contribution in [0.25, 0.3) is 0 Å². The number of benzene rings is 1. The number of likely N-dealkylation sites (tertiary alicyclic amines) is 1. The van der Waals surface area contributed by atoms with Gasteiger partial charge in [0.2, 0.25) is 0 Å². The zero-order valence-corrected chi connectivity index (χ0v) is 14.0. The maximum Gasteiger partial charge on any atom is 0.123 e. The average Bonchev–Trinajstić information content (AvgIpc) is 2.48. The summed E-state index contributed by atoms with van der Waals surface area (Å²) in [6.45, 7) is 6.27. The van der Waals surface area contributed by atoms with Gasteiger partial charge in [-0.3, -0.25) is 0 Å². The third kappa shape index (κ3) is 4.47. The molecule has 0 bridgehead atoms. The number of rotatable bonds is 6. The third-order valence-corrected chi connectivity index (χ3v) is 4.82. The minimum Gasteiger partial charge on any atom is -0.493 e. The highest BCUT2D eigenvalue weighted by atomic mass is 79.9. The molecule has 1 heterocycles. The van der Waals surface area contributed by atoms with Crippen LogP contribution in [0, 0.1) is 6.92 Å². The Labute approximate surface area is 130 Å². The SMILES string of the molecule is COC1CCN(CCCOc2cccc(Br)c2C)CC1. The molecule has 0 N–H and O–H groups in total. The Hall–Kier alpha value is -0.580. The Morgan fingerprint density at radius 2 is 2.05 bits per heavy atom. The lowest BCUT2D eigenvalue weighted by Gasteiger charge is -2.31. The van der Waals surface area contributed by atoms with Crippen molar-refractivity contribution in [2.24, 2.45) is 0 Å². The fourth-order valence-corrected chi connectivity index (χ4v) is 2.93. The summed E-state index contributed by atoms with van der Waals surface area (Å²) in [4.78, 5) is 2.51. The Morgan fingerprint density at radius 1 is 1.30 bits per heavy atom. The topological polar surface area (TPSA) is 21.7 Å². The highest BCUT2D eigenvalue weighted by molar-refractivity contribution is 9.10. The molecule has 20 heavy (non-hydrogen) atoms. The van der Waals surface area contributed by atoms with Gasteiger partial charge in [-0.25, -0.2) is 0 Å². The van der Waals surface area contributed by atoms with E-state index in [1.807, 2.05) is 25.3 Å². The summed E-state index contributed by atoms with van der Waals surface area (Å²) >= 11 is 3.53. The van der Waals surface area contributed by atoms with Crippen LogP contribution < -0.4 is 4.74 Å². The molecule has 1 aliphatic rings. The van der Waals surface area contributed by atoms with Crippen LogP contribution in [0.5, 0.6) is 5.75 Å². The van der Waals surface area contributed by atoms with Crippen LogP contribution in [0.15, 0.2) is 22.7 Å². The predicted molar refractivity (Wildman–Crippen MR) is 85.5 cm³/mol. The summed E-state index contributed by atoms with van der Waals surface area (Å²) in [5.41, 5.74) is 1.17. The van der Waals surface area contributed by atoms with E-state index in [9.17, 15) is 0 Å². The van der Waals surface area contributed by atoms with Gasteiger partial charge in [0.05, 0.1) is 12.7 Å². The van der Waals surface area contributed by atoms with E-state index in [1.165, 1.54) is 5.56 Å². The smallest absolute Gasteiger partial charge is 0.123 e. The van der Waals surface area contributed by atoms with Gasteiger partial charge in [-0.15, -0.1) is 0 Å². The van der Waals surface area contributed by atoms with Gasteiger partial charge in [0.1, 0.15) is 5.75 Å². The molecule has 0 radical (unpaired) electrons. The minimum absolute atomic E-state index is 0.465. The molecule has 0 saturated carbocycles. The molecular weight excluding hydrogens is 318 g/mol. The summed E-state index contributed by atoms with van der Waals surface area (Å²) in [5.74, 6) is 0.984. The normalized spacial score (nSPS) is 17.4. The Kier molecular flexibility index (Phi) is 6.33. The fourth-order valence-electron chi connectivity index (χ4n) is 2.58. The second kappa shape index (κ2) is 8.01. The lowest BCUT2D eigenvalue weighted by molar-refractivity contribution is 0.0398. The second-order valence-corrected chi connectivity index (χ2v) is 6.20. The number of hydrogen-bond acceptors (Lipinski definition) is 3.